The van der Waals surface area contributed by atoms with Crippen molar-refractivity contribution in [3.63, 3.8) is 0 Å². The number of carbonyl (C=O) groups is 3. The highest BCUT2D eigenvalue weighted by Crippen LogP contribution is 2.24. The van der Waals surface area contributed by atoms with Gasteiger partial charge in [-0.3, -0.25) is 14.4 Å². The molecule has 2 heterocycles. The number of carboxylic acid groups (broad SMARTS) is 1. The average Bonchev–Trinajstić information content (AvgIpc) is 3.14. The molecule has 2 aromatic rings. The SMILES string of the molecule is CC(C)(C)OC(=O)CC1CCN(C(=O)c2ccc(-n3cc(CC(=O)O)nn3)cc2)CC1. The van der Waals surface area contributed by atoms with Crippen LogP contribution < -0.4 is 0 Å². The Labute approximate surface area is 181 Å². The van der Waals surface area contributed by atoms with Gasteiger partial charge in [-0.15, -0.1) is 5.10 Å². The van der Waals surface area contributed by atoms with Gasteiger partial charge in [-0.05, 0) is 63.8 Å². The minimum Gasteiger partial charge on any atom is -0.481 e. The predicted octanol–water partition coefficient (Wildman–Crippen LogP) is 2.48. The third-order valence-corrected chi connectivity index (χ3v) is 5.03. The van der Waals surface area contributed by atoms with Gasteiger partial charge in [0.1, 0.15) is 5.60 Å². The van der Waals surface area contributed by atoms with Gasteiger partial charge >= 0.3 is 11.9 Å². The van der Waals surface area contributed by atoms with Crippen LogP contribution in [-0.2, 0) is 20.7 Å². The van der Waals surface area contributed by atoms with Crippen LogP contribution in [0.2, 0.25) is 0 Å². The molecular weight excluding hydrogens is 400 g/mol. The van der Waals surface area contributed by atoms with Crippen LogP contribution in [-0.4, -0.2) is 61.5 Å². The fourth-order valence-corrected chi connectivity index (χ4v) is 3.56. The quantitative estimate of drug-likeness (QED) is 0.703. The first kappa shape index (κ1) is 22.5. The second-order valence-electron chi connectivity index (χ2n) is 8.80. The molecule has 1 aromatic heterocycles. The van der Waals surface area contributed by atoms with Gasteiger partial charge in [0.05, 0.1) is 24.0 Å². The monoisotopic (exact) mass is 428 g/mol. The largest absolute Gasteiger partial charge is 0.481 e. The van der Waals surface area contributed by atoms with Crippen LogP contribution in [0.25, 0.3) is 5.69 Å². The minimum atomic E-state index is -0.970. The van der Waals surface area contributed by atoms with Crippen LogP contribution in [0.5, 0.6) is 0 Å². The molecule has 0 aliphatic carbocycles. The summed E-state index contributed by atoms with van der Waals surface area (Å²) in [7, 11) is 0. The Hall–Kier alpha value is -3.23. The molecule has 166 valence electrons. The zero-order valence-electron chi connectivity index (χ0n) is 18.1. The van der Waals surface area contributed by atoms with Crippen LogP contribution in [0.4, 0.5) is 0 Å². The molecule has 1 aromatic carbocycles. The van der Waals surface area contributed by atoms with Crippen molar-refractivity contribution in [2.45, 2.75) is 52.1 Å². The molecular formula is C22H28N4O5. The normalized spacial score (nSPS) is 15.0. The van der Waals surface area contributed by atoms with Gasteiger partial charge in [0, 0.05) is 25.1 Å². The number of esters is 1. The van der Waals surface area contributed by atoms with Crippen LogP contribution >= 0.6 is 0 Å². The number of likely N-dealkylation sites (tertiary alicyclic amines) is 1. The van der Waals surface area contributed by atoms with E-state index in [1.54, 1.807) is 35.4 Å². The average molecular weight is 428 g/mol. The number of carbonyl (C=O) groups excluding carboxylic acids is 2. The standard InChI is InChI=1S/C22H28N4O5/c1-22(2,3)31-20(29)12-15-8-10-25(11-9-15)21(30)16-4-6-18(7-5-16)26-14-17(23-24-26)13-19(27)28/h4-7,14-15H,8-13H2,1-3H3,(H,27,28). The summed E-state index contributed by atoms with van der Waals surface area (Å²) in [6.45, 7) is 6.78. The number of hydrogen-bond donors (Lipinski definition) is 1. The van der Waals surface area contributed by atoms with E-state index in [9.17, 15) is 14.4 Å². The zero-order valence-corrected chi connectivity index (χ0v) is 18.1. The van der Waals surface area contributed by atoms with E-state index in [1.165, 1.54) is 4.68 Å². The number of carboxylic acids is 1. The Bertz CT molecular complexity index is 938. The van der Waals surface area contributed by atoms with Crippen molar-refractivity contribution in [2.24, 2.45) is 5.92 Å². The molecule has 9 nitrogen and oxygen atoms in total. The van der Waals surface area contributed by atoms with E-state index in [2.05, 4.69) is 10.3 Å². The molecule has 0 atom stereocenters. The molecule has 3 rings (SSSR count). The maximum Gasteiger partial charge on any atom is 0.309 e. The van der Waals surface area contributed by atoms with Gasteiger partial charge in [-0.2, -0.15) is 0 Å². The van der Waals surface area contributed by atoms with Crippen LogP contribution in [0, 0.1) is 5.92 Å². The molecule has 0 spiro atoms. The highest BCUT2D eigenvalue weighted by Gasteiger charge is 2.27. The second kappa shape index (κ2) is 9.28. The molecule has 1 amide bonds. The summed E-state index contributed by atoms with van der Waals surface area (Å²) < 4.78 is 6.87. The van der Waals surface area contributed by atoms with Crippen molar-refractivity contribution in [3.05, 3.63) is 41.7 Å². The molecule has 0 bridgehead atoms. The van der Waals surface area contributed by atoms with Crippen molar-refractivity contribution < 1.29 is 24.2 Å². The lowest BCUT2D eigenvalue weighted by atomic mass is 9.93. The lowest BCUT2D eigenvalue weighted by Crippen LogP contribution is -2.39. The van der Waals surface area contributed by atoms with Crippen LogP contribution in [0.3, 0.4) is 0 Å². The zero-order chi connectivity index (χ0) is 22.6. The second-order valence-corrected chi connectivity index (χ2v) is 8.80. The first-order chi connectivity index (χ1) is 14.6. The van der Waals surface area contributed by atoms with Crippen molar-refractivity contribution in [3.8, 4) is 5.69 Å². The number of benzene rings is 1. The van der Waals surface area contributed by atoms with E-state index in [0.29, 0.717) is 36.5 Å². The van der Waals surface area contributed by atoms with E-state index in [1.807, 2.05) is 20.8 Å². The lowest BCUT2D eigenvalue weighted by molar-refractivity contribution is -0.156. The van der Waals surface area contributed by atoms with Crippen molar-refractivity contribution in [1.29, 1.82) is 0 Å². The van der Waals surface area contributed by atoms with E-state index >= 15 is 0 Å². The Balaban J connectivity index is 1.53. The van der Waals surface area contributed by atoms with Crippen molar-refractivity contribution in [2.75, 3.05) is 13.1 Å². The summed E-state index contributed by atoms with van der Waals surface area (Å²) in [5, 5.41) is 16.6. The number of amides is 1. The number of piperidine rings is 1. The van der Waals surface area contributed by atoms with Crippen LogP contribution in [0.15, 0.2) is 30.5 Å². The summed E-state index contributed by atoms with van der Waals surface area (Å²) >= 11 is 0. The molecule has 1 fully saturated rings. The molecule has 9 heteroatoms. The number of ether oxygens (including phenoxy) is 1. The highest BCUT2D eigenvalue weighted by atomic mass is 16.6. The highest BCUT2D eigenvalue weighted by molar-refractivity contribution is 5.94. The smallest absolute Gasteiger partial charge is 0.309 e. The molecule has 1 saturated heterocycles. The fraction of sp³-hybridized carbons (Fsp3) is 0.500. The van der Waals surface area contributed by atoms with Crippen molar-refractivity contribution in [1.82, 2.24) is 19.9 Å². The van der Waals surface area contributed by atoms with E-state index in [0.717, 1.165) is 12.8 Å². The predicted molar refractivity (Wildman–Crippen MR) is 112 cm³/mol. The van der Waals surface area contributed by atoms with E-state index in [4.69, 9.17) is 9.84 Å². The van der Waals surface area contributed by atoms with Gasteiger partial charge in [-0.25, -0.2) is 4.68 Å². The molecule has 1 aliphatic heterocycles. The third-order valence-electron chi connectivity index (χ3n) is 5.03. The summed E-state index contributed by atoms with van der Waals surface area (Å²) in [5.41, 5.74) is 1.14. The van der Waals surface area contributed by atoms with Gasteiger partial charge in [0.25, 0.3) is 5.91 Å². The topological polar surface area (TPSA) is 115 Å². The van der Waals surface area contributed by atoms with Crippen LogP contribution in [0.1, 0.15) is 56.1 Å². The molecule has 0 saturated carbocycles. The minimum absolute atomic E-state index is 0.0487. The first-order valence-electron chi connectivity index (χ1n) is 10.4. The summed E-state index contributed by atoms with van der Waals surface area (Å²) in [4.78, 5) is 37.4. The number of rotatable bonds is 6. The molecule has 31 heavy (non-hydrogen) atoms. The number of aliphatic carboxylic acids is 1. The molecule has 0 unspecified atom stereocenters. The third kappa shape index (κ3) is 6.37. The maximum absolute atomic E-state index is 12.8. The Morgan fingerprint density at radius 3 is 2.35 bits per heavy atom. The van der Waals surface area contributed by atoms with E-state index < -0.39 is 11.6 Å². The summed E-state index contributed by atoms with van der Waals surface area (Å²) in [5.74, 6) is -0.976. The van der Waals surface area contributed by atoms with Gasteiger partial charge in [0.15, 0.2) is 0 Å². The number of aromatic nitrogens is 3. The maximum atomic E-state index is 12.8. The Kier molecular flexibility index (Phi) is 6.72. The first-order valence-corrected chi connectivity index (χ1v) is 10.4. The van der Waals surface area contributed by atoms with E-state index in [-0.39, 0.29) is 24.2 Å². The number of hydrogen-bond acceptors (Lipinski definition) is 6. The molecule has 0 radical (unpaired) electrons. The fourth-order valence-electron chi connectivity index (χ4n) is 3.56. The van der Waals surface area contributed by atoms with Crippen molar-refractivity contribution >= 4 is 17.8 Å². The molecule has 1 N–H and O–H groups in total. The molecule has 1 aliphatic rings. The summed E-state index contributed by atoms with van der Waals surface area (Å²) in [6, 6.07) is 6.95. The van der Waals surface area contributed by atoms with Gasteiger partial charge in [-0.1, -0.05) is 5.21 Å². The Morgan fingerprint density at radius 1 is 1.13 bits per heavy atom. The Morgan fingerprint density at radius 2 is 1.77 bits per heavy atom. The lowest BCUT2D eigenvalue weighted by Gasteiger charge is -2.32. The summed E-state index contributed by atoms with van der Waals surface area (Å²) in [6.07, 6.45) is 3.29. The van der Waals surface area contributed by atoms with Gasteiger partial charge in [0.2, 0.25) is 0 Å². The number of nitrogens with zero attached hydrogens (tertiary/aromatic N) is 4. The van der Waals surface area contributed by atoms with Gasteiger partial charge < -0.3 is 14.7 Å².